The van der Waals surface area contributed by atoms with Crippen molar-refractivity contribution in [1.82, 2.24) is 15.2 Å². The first kappa shape index (κ1) is 19.2. The molecule has 6 nitrogen and oxygen atoms in total. The second-order valence-corrected chi connectivity index (χ2v) is 7.49. The van der Waals surface area contributed by atoms with Gasteiger partial charge in [-0.2, -0.15) is 0 Å². The molecule has 4 rings (SSSR count). The first-order valence-corrected chi connectivity index (χ1v) is 10.0. The highest BCUT2D eigenvalue weighted by Gasteiger charge is 2.23. The van der Waals surface area contributed by atoms with Crippen LogP contribution in [0, 0.1) is 5.92 Å². The quantitative estimate of drug-likeness (QED) is 0.649. The minimum absolute atomic E-state index is 0.124. The van der Waals surface area contributed by atoms with Crippen LogP contribution in [0.5, 0.6) is 0 Å². The highest BCUT2D eigenvalue weighted by Crippen LogP contribution is 2.17. The summed E-state index contributed by atoms with van der Waals surface area (Å²) in [5.74, 6) is 0.645. The SMILES string of the molecule is O=C(NCC1CCN(CCc2ccccc2)C1)c1ccc(-c2ccco2)[nH]c1=O. The third-order valence-corrected chi connectivity index (χ3v) is 5.42. The summed E-state index contributed by atoms with van der Waals surface area (Å²) in [4.78, 5) is 29.9. The molecule has 6 heteroatoms. The van der Waals surface area contributed by atoms with Gasteiger partial charge in [-0.1, -0.05) is 30.3 Å². The first-order valence-electron chi connectivity index (χ1n) is 10.0. The zero-order valence-electron chi connectivity index (χ0n) is 16.3. The predicted molar refractivity (Wildman–Crippen MR) is 112 cm³/mol. The number of carbonyl (C=O) groups excluding carboxylic acids is 1. The number of likely N-dealkylation sites (tertiary alicyclic amines) is 1. The largest absolute Gasteiger partial charge is 0.463 e. The predicted octanol–water partition coefficient (Wildman–Crippen LogP) is 2.93. The zero-order valence-corrected chi connectivity index (χ0v) is 16.3. The van der Waals surface area contributed by atoms with Crippen LogP contribution in [0.25, 0.3) is 11.5 Å². The minimum atomic E-state index is -0.410. The van der Waals surface area contributed by atoms with E-state index >= 15 is 0 Å². The Morgan fingerprint density at radius 1 is 1.14 bits per heavy atom. The molecule has 1 saturated heterocycles. The number of carbonyl (C=O) groups is 1. The number of pyridine rings is 1. The molecule has 3 heterocycles. The molecular formula is C23H25N3O3. The van der Waals surface area contributed by atoms with Gasteiger partial charge in [-0.15, -0.1) is 0 Å². The summed E-state index contributed by atoms with van der Waals surface area (Å²) in [5.41, 5.74) is 1.62. The summed E-state index contributed by atoms with van der Waals surface area (Å²) in [6.07, 6.45) is 3.64. The molecule has 1 unspecified atom stereocenters. The molecule has 1 aliphatic heterocycles. The number of rotatable bonds is 7. The second kappa shape index (κ2) is 8.92. The normalized spacial score (nSPS) is 16.8. The molecule has 1 amide bonds. The standard InChI is InChI=1S/C23H25N3O3/c27-22(19-8-9-20(25-23(19)28)21-7-4-14-29-21)24-15-18-11-13-26(16-18)12-10-17-5-2-1-3-6-17/h1-9,14,18H,10-13,15-16H2,(H,24,27)(H,25,28). The highest BCUT2D eigenvalue weighted by atomic mass is 16.3. The van der Waals surface area contributed by atoms with Gasteiger partial charge >= 0.3 is 0 Å². The molecule has 150 valence electrons. The number of benzene rings is 1. The Morgan fingerprint density at radius 2 is 2.00 bits per heavy atom. The van der Waals surface area contributed by atoms with Crippen LogP contribution in [0.3, 0.4) is 0 Å². The van der Waals surface area contributed by atoms with E-state index in [-0.39, 0.29) is 11.5 Å². The van der Waals surface area contributed by atoms with E-state index < -0.39 is 5.56 Å². The van der Waals surface area contributed by atoms with E-state index in [4.69, 9.17) is 4.42 Å². The van der Waals surface area contributed by atoms with Gasteiger partial charge in [0.1, 0.15) is 11.3 Å². The molecule has 0 aliphatic carbocycles. The van der Waals surface area contributed by atoms with Gasteiger partial charge in [-0.25, -0.2) is 0 Å². The molecule has 2 N–H and O–H groups in total. The van der Waals surface area contributed by atoms with Crippen LogP contribution in [0.2, 0.25) is 0 Å². The van der Waals surface area contributed by atoms with Crippen molar-refractivity contribution in [3.8, 4) is 11.5 Å². The van der Waals surface area contributed by atoms with Gasteiger partial charge < -0.3 is 19.6 Å². The maximum Gasteiger partial charge on any atom is 0.261 e. The zero-order chi connectivity index (χ0) is 20.1. The molecule has 0 spiro atoms. The fraction of sp³-hybridized carbons (Fsp3) is 0.304. The second-order valence-electron chi connectivity index (χ2n) is 7.49. The lowest BCUT2D eigenvalue weighted by atomic mass is 10.1. The van der Waals surface area contributed by atoms with Gasteiger partial charge in [0.15, 0.2) is 0 Å². The van der Waals surface area contributed by atoms with Crippen molar-refractivity contribution in [3.63, 3.8) is 0 Å². The van der Waals surface area contributed by atoms with E-state index in [9.17, 15) is 9.59 Å². The number of aromatic nitrogens is 1. The fourth-order valence-corrected chi connectivity index (χ4v) is 3.77. The molecule has 1 fully saturated rings. The molecule has 0 saturated carbocycles. The van der Waals surface area contributed by atoms with Gasteiger partial charge in [-0.3, -0.25) is 9.59 Å². The number of amides is 1. The van der Waals surface area contributed by atoms with Gasteiger partial charge in [-0.05, 0) is 55.1 Å². The average Bonchev–Trinajstić information content (AvgIpc) is 3.43. The number of nitrogens with zero attached hydrogens (tertiary/aromatic N) is 1. The number of nitrogens with one attached hydrogen (secondary N) is 2. The molecule has 1 aromatic carbocycles. The fourth-order valence-electron chi connectivity index (χ4n) is 3.77. The van der Waals surface area contributed by atoms with E-state index in [0.29, 0.717) is 23.9 Å². The third-order valence-electron chi connectivity index (χ3n) is 5.42. The van der Waals surface area contributed by atoms with Crippen molar-refractivity contribution in [2.45, 2.75) is 12.8 Å². The van der Waals surface area contributed by atoms with Gasteiger partial charge in [0.25, 0.3) is 11.5 Å². The number of hydrogen-bond acceptors (Lipinski definition) is 4. The lowest BCUT2D eigenvalue weighted by Crippen LogP contribution is -2.34. The van der Waals surface area contributed by atoms with Crippen LogP contribution in [-0.4, -0.2) is 42.0 Å². The average molecular weight is 391 g/mol. The minimum Gasteiger partial charge on any atom is -0.463 e. The Bertz CT molecular complexity index is 996. The first-order chi connectivity index (χ1) is 14.2. The Labute approximate surface area is 169 Å². The Hall–Kier alpha value is -3.12. The lowest BCUT2D eigenvalue weighted by molar-refractivity contribution is 0.0946. The smallest absolute Gasteiger partial charge is 0.261 e. The molecule has 2 aromatic heterocycles. The molecule has 0 radical (unpaired) electrons. The van der Waals surface area contributed by atoms with Crippen LogP contribution >= 0.6 is 0 Å². The topological polar surface area (TPSA) is 78.3 Å². The van der Waals surface area contributed by atoms with Crippen molar-refractivity contribution in [3.05, 3.63) is 82.3 Å². The van der Waals surface area contributed by atoms with E-state index in [1.165, 1.54) is 5.56 Å². The number of H-pyrrole nitrogens is 1. The van der Waals surface area contributed by atoms with Crippen molar-refractivity contribution in [1.29, 1.82) is 0 Å². The summed E-state index contributed by atoms with van der Waals surface area (Å²) < 4.78 is 5.27. The van der Waals surface area contributed by atoms with Crippen molar-refractivity contribution in [2.24, 2.45) is 5.92 Å². The van der Waals surface area contributed by atoms with Gasteiger partial charge in [0, 0.05) is 19.6 Å². The van der Waals surface area contributed by atoms with Gasteiger partial charge in [0.2, 0.25) is 0 Å². The molecular weight excluding hydrogens is 366 g/mol. The van der Waals surface area contributed by atoms with Crippen molar-refractivity contribution >= 4 is 5.91 Å². The lowest BCUT2D eigenvalue weighted by Gasteiger charge is -2.16. The van der Waals surface area contributed by atoms with Crippen LogP contribution in [0.4, 0.5) is 0 Å². The number of aromatic amines is 1. The molecule has 3 aromatic rings. The Balaban J connectivity index is 1.26. The van der Waals surface area contributed by atoms with Crippen LogP contribution in [0.15, 0.2) is 70.1 Å². The molecule has 1 atom stereocenters. The van der Waals surface area contributed by atoms with Gasteiger partial charge in [0.05, 0.1) is 12.0 Å². The maximum absolute atomic E-state index is 12.4. The third kappa shape index (κ3) is 4.84. The van der Waals surface area contributed by atoms with Crippen LogP contribution < -0.4 is 10.9 Å². The van der Waals surface area contributed by atoms with E-state index in [1.807, 2.05) is 6.07 Å². The van der Waals surface area contributed by atoms with Crippen molar-refractivity contribution < 1.29 is 9.21 Å². The summed E-state index contributed by atoms with van der Waals surface area (Å²) in [7, 11) is 0. The molecule has 29 heavy (non-hydrogen) atoms. The maximum atomic E-state index is 12.4. The Morgan fingerprint density at radius 3 is 2.76 bits per heavy atom. The van der Waals surface area contributed by atoms with E-state index in [1.54, 1.807) is 30.5 Å². The summed E-state index contributed by atoms with van der Waals surface area (Å²) in [6, 6.07) is 17.2. The summed E-state index contributed by atoms with van der Waals surface area (Å²) in [6.45, 7) is 3.63. The highest BCUT2D eigenvalue weighted by molar-refractivity contribution is 5.94. The van der Waals surface area contributed by atoms with Crippen molar-refractivity contribution in [2.75, 3.05) is 26.2 Å². The Kier molecular flexibility index (Phi) is 5.91. The summed E-state index contributed by atoms with van der Waals surface area (Å²) in [5, 5.41) is 2.92. The summed E-state index contributed by atoms with van der Waals surface area (Å²) >= 11 is 0. The monoisotopic (exact) mass is 391 g/mol. The van der Waals surface area contributed by atoms with Crippen LogP contribution in [0.1, 0.15) is 22.3 Å². The number of furan rings is 1. The number of hydrogen-bond donors (Lipinski definition) is 2. The van der Waals surface area contributed by atoms with E-state index in [2.05, 4.69) is 39.5 Å². The van der Waals surface area contributed by atoms with E-state index in [0.717, 1.165) is 32.5 Å². The molecule has 0 bridgehead atoms. The molecule has 1 aliphatic rings. The van der Waals surface area contributed by atoms with Crippen LogP contribution in [-0.2, 0) is 6.42 Å².